The van der Waals surface area contributed by atoms with Crippen molar-refractivity contribution in [3.63, 3.8) is 0 Å². The first-order valence-electron chi connectivity index (χ1n) is 3.62. The van der Waals surface area contributed by atoms with Gasteiger partial charge in [0.15, 0.2) is 0 Å². The molecular weight excluding hydrogens is 116 g/mol. The van der Waals surface area contributed by atoms with Crippen molar-refractivity contribution in [1.82, 2.24) is 0 Å². The Kier molecular flexibility index (Phi) is 2.49. The third kappa shape index (κ3) is 1.95. The van der Waals surface area contributed by atoms with Crippen molar-refractivity contribution in [3.05, 3.63) is 0 Å². The highest BCUT2D eigenvalue weighted by Crippen LogP contribution is 2.22. The van der Waals surface area contributed by atoms with E-state index in [4.69, 9.17) is 9.84 Å². The number of rotatable bonds is 3. The highest BCUT2D eigenvalue weighted by Gasteiger charge is 2.27. The number of aliphatic hydroxyl groups is 1. The van der Waals surface area contributed by atoms with E-state index in [1.165, 1.54) is 0 Å². The summed E-state index contributed by atoms with van der Waals surface area (Å²) >= 11 is 0. The van der Waals surface area contributed by atoms with Crippen LogP contribution in [0.15, 0.2) is 0 Å². The average molecular weight is 130 g/mol. The normalized spacial score (nSPS) is 34.0. The van der Waals surface area contributed by atoms with Crippen LogP contribution in [-0.4, -0.2) is 23.9 Å². The van der Waals surface area contributed by atoms with E-state index in [1.54, 1.807) is 0 Å². The van der Waals surface area contributed by atoms with E-state index in [0.717, 1.165) is 25.9 Å². The van der Waals surface area contributed by atoms with Gasteiger partial charge in [-0.1, -0.05) is 6.92 Å². The summed E-state index contributed by atoms with van der Waals surface area (Å²) in [5.74, 6) is 0. The molecule has 9 heavy (non-hydrogen) atoms. The van der Waals surface area contributed by atoms with Crippen molar-refractivity contribution in [1.29, 1.82) is 0 Å². The Bertz CT molecular complexity index is 77.0. The summed E-state index contributed by atoms with van der Waals surface area (Å²) in [4.78, 5) is 0. The first-order valence-corrected chi connectivity index (χ1v) is 3.62. The molecule has 0 spiro atoms. The van der Waals surface area contributed by atoms with Crippen molar-refractivity contribution in [2.45, 2.75) is 38.4 Å². The Morgan fingerprint density at radius 1 is 1.56 bits per heavy atom. The molecule has 0 aliphatic heterocycles. The second-order valence-electron chi connectivity index (χ2n) is 2.62. The molecule has 0 aromatic heterocycles. The highest BCUT2D eigenvalue weighted by atomic mass is 16.5. The van der Waals surface area contributed by atoms with Crippen LogP contribution >= 0.6 is 0 Å². The second kappa shape index (κ2) is 3.18. The molecule has 2 nitrogen and oxygen atoms in total. The Balaban J connectivity index is 1.91. The number of ether oxygens (including phenoxy) is 1. The second-order valence-corrected chi connectivity index (χ2v) is 2.62. The van der Waals surface area contributed by atoms with Gasteiger partial charge in [-0.15, -0.1) is 0 Å². The first-order chi connectivity index (χ1) is 4.33. The summed E-state index contributed by atoms with van der Waals surface area (Å²) in [6.07, 6.45) is 3.05. The molecule has 1 saturated carbocycles. The molecule has 0 saturated heterocycles. The summed E-state index contributed by atoms with van der Waals surface area (Å²) in [7, 11) is 0. The lowest BCUT2D eigenvalue weighted by atomic mass is 9.92. The fraction of sp³-hybridized carbons (Fsp3) is 1.00. The third-order valence-corrected chi connectivity index (χ3v) is 1.63. The predicted octanol–water partition coefficient (Wildman–Crippen LogP) is 0.936. The van der Waals surface area contributed by atoms with E-state index < -0.39 is 0 Å². The lowest BCUT2D eigenvalue weighted by molar-refractivity contribution is -0.0703. The van der Waals surface area contributed by atoms with Gasteiger partial charge in [0.25, 0.3) is 0 Å². The molecule has 54 valence electrons. The van der Waals surface area contributed by atoms with Crippen molar-refractivity contribution < 1.29 is 9.84 Å². The molecule has 0 amide bonds. The van der Waals surface area contributed by atoms with Gasteiger partial charge in [0.05, 0.1) is 12.2 Å². The minimum absolute atomic E-state index is 0.0770. The van der Waals surface area contributed by atoms with E-state index in [9.17, 15) is 0 Å². The van der Waals surface area contributed by atoms with Crippen molar-refractivity contribution in [2.24, 2.45) is 0 Å². The summed E-state index contributed by atoms with van der Waals surface area (Å²) < 4.78 is 5.34. The zero-order chi connectivity index (χ0) is 6.69. The van der Waals surface area contributed by atoms with Gasteiger partial charge in [0.1, 0.15) is 0 Å². The molecule has 1 N–H and O–H groups in total. The average Bonchev–Trinajstić information content (AvgIpc) is 1.78. The smallest absolute Gasteiger partial charge is 0.0624 e. The van der Waals surface area contributed by atoms with E-state index in [2.05, 4.69) is 6.92 Å². The molecule has 1 fully saturated rings. The van der Waals surface area contributed by atoms with Crippen molar-refractivity contribution in [2.75, 3.05) is 6.61 Å². The maximum atomic E-state index is 8.84. The molecular formula is C7H14O2. The monoisotopic (exact) mass is 130 g/mol. The van der Waals surface area contributed by atoms with Gasteiger partial charge in [-0.2, -0.15) is 0 Å². The number of aliphatic hydroxyl groups excluding tert-OH is 1. The molecule has 0 aromatic rings. The van der Waals surface area contributed by atoms with Crippen LogP contribution < -0.4 is 0 Å². The van der Waals surface area contributed by atoms with Gasteiger partial charge in [-0.3, -0.25) is 0 Å². The van der Waals surface area contributed by atoms with Gasteiger partial charge >= 0.3 is 0 Å². The van der Waals surface area contributed by atoms with Crippen LogP contribution in [0.2, 0.25) is 0 Å². The molecule has 2 heteroatoms. The van der Waals surface area contributed by atoms with Gasteiger partial charge in [0, 0.05) is 6.61 Å². The zero-order valence-corrected chi connectivity index (χ0v) is 5.84. The summed E-state index contributed by atoms with van der Waals surface area (Å²) in [5.41, 5.74) is 0. The lowest BCUT2D eigenvalue weighted by Crippen LogP contribution is -2.35. The first kappa shape index (κ1) is 7.03. The van der Waals surface area contributed by atoms with Gasteiger partial charge < -0.3 is 9.84 Å². The minimum Gasteiger partial charge on any atom is -0.393 e. The highest BCUT2D eigenvalue weighted by molar-refractivity contribution is 4.78. The van der Waals surface area contributed by atoms with E-state index in [0.29, 0.717) is 6.10 Å². The van der Waals surface area contributed by atoms with Gasteiger partial charge in [-0.05, 0) is 19.3 Å². The predicted molar refractivity (Wildman–Crippen MR) is 35.3 cm³/mol. The molecule has 0 bridgehead atoms. The molecule has 0 unspecified atom stereocenters. The van der Waals surface area contributed by atoms with E-state index >= 15 is 0 Å². The fourth-order valence-corrected chi connectivity index (χ4v) is 0.958. The number of hydrogen-bond donors (Lipinski definition) is 1. The van der Waals surface area contributed by atoms with Crippen LogP contribution in [0, 0.1) is 0 Å². The maximum absolute atomic E-state index is 8.84. The van der Waals surface area contributed by atoms with Crippen LogP contribution in [0.3, 0.4) is 0 Å². The van der Waals surface area contributed by atoms with Crippen LogP contribution in [0.5, 0.6) is 0 Å². The molecule has 1 rings (SSSR count). The third-order valence-electron chi connectivity index (χ3n) is 1.63. The van der Waals surface area contributed by atoms with Gasteiger partial charge in [-0.25, -0.2) is 0 Å². The fourth-order valence-electron chi connectivity index (χ4n) is 0.958. The van der Waals surface area contributed by atoms with Crippen LogP contribution in [0.1, 0.15) is 26.2 Å². The Labute approximate surface area is 55.8 Å². The molecule has 0 atom stereocenters. The summed E-state index contributed by atoms with van der Waals surface area (Å²) in [5, 5.41) is 8.84. The van der Waals surface area contributed by atoms with Crippen LogP contribution in [0.25, 0.3) is 0 Å². The molecule has 0 aromatic carbocycles. The van der Waals surface area contributed by atoms with Crippen molar-refractivity contribution >= 4 is 0 Å². The summed E-state index contributed by atoms with van der Waals surface area (Å²) in [6, 6.07) is 0. The van der Waals surface area contributed by atoms with Gasteiger partial charge in [0.2, 0.25) is 0 Å². The Hall–Kier alpha value is -0.0800. The Morgan fingerprint density at radius 3 is 2.67 bits per heavy atom. The molecule has 0 heterocycles. The summed E-state index contributed by atoms with van der Waals surface area (Å²) in [6.45, 7) is 2.94. The maximum Gasteiger partial charge on any atom is 0.0624 e. The lowest BCUT2D eigenvalue weighted by Gasteiger charge is -2.30. The standard InChI is InChI=1S/C7H14O2/c1-2-3-9-7-4-6(8)5-7/h6-8H,2-5H2,1H3. The topological polar surface area (TPSA) is 29.5 Å². The molecule has 0 radical (unpaired) electrons. The SMILES string of the molecule is CCCOC1CC(O)C1. The quantitative estimate of drug-likeness (QED) is 0.616. The van der Waals surface area contributed by atoms with Crippen molar-refractivity contribution in [3.8, 4) is 0 Å². The van der Waals surface area contributed by atoms with Crippen LogP contribution in [-0.2, 0) is 4.74 Å². The minimum atomic E-state index is -0.0770. The Morgan fingerprint density at radius 2 is 2.22 bits per heavy atom. The largest absolute Gasteiger partial charge is 0.393 e. The van der Waals surface area contributed by atoms with E-state index in [-0.39, 0.29) is 6.10 Å². The zero-order valence-electron chi connectivity index (χ0n) is 5.84. The van der Waals surface area contributed by atoms with Crippen LogP contribution in [0.4, 0.5) is 0 Å². The number of hydrogen-bond acceptors (Lipinski definition) is 2. The molecule has 1 aliphatic carbocycles. The van der Waals surface area contributed by atoms with E-state index in [1.807, 2.05) is 0 Å². The molecule has 1 aliphatic rings.